The molecule has 17 heavy (non-hydrogen) atoms. The van der Waals surface area contributed by atoms with Crippen molar-refractivity contribution in [1.29, 1.82) is 0 Å². The van der Waals surface area contributed by atoms with Gasteiger partial charge >= 0.3 is 0 Å². The van der Waals surface area contributed by atoms with Gasteiger partial charge in [0.1, 0.15) is 0 Å². The number of nitrogens with zero attached hydrogens (tertiary/aromatic N) is 1. The van der Waals surface area contributed by atoms with Crippen LogP contribution in [0.2, 0.25) is 0 Å². The van der Waals surface area contributed by atoms with Crippen LogP contribution >= 0.6 is 0 Å². The SMILES string of the molecule is CC(C)OC(C)(C)C(C)(C)C(=O)N(C)C(C)C. The predicted molar refractivity (Wildman–Crippen MR) is 72.0 cm³/mol. The van der Waals surface area contributed by atoms with E-state index in [-0.39, 0.29) is 18.1 Å². The average Bonchev–Trinajstić information content (AvgIpc) is 2.12. The van der Waals surface area contributed by atoms with E-state index >= 15 is 0 Å². The summed E-state index contributed by atoms with van der Waals surface area (Å²) >= 11 is 0. The summed E-state index contributed by atoms with van der Waals surface area (Å²) in [6, 6.07) is 0.205. The van der Waals surface area contributed by atoms with Crippen LogP contribution < -0.4 is 0 Å². The molecule has 0 saturated carbocycles. The normalized spacial score (nSPS) is 13.4. The van der Waals surface area contributed by atoms with E-state index in [1.807, 2.05) is 62.4 Å². The molecule has 0 aromatic carbocycles. The molecule has 0 aliphatic heterocycles. The number of rotatable bonds is 5. The van der Waals surface area contributed by atoms with E-state index in [2.05, 4.69) is 0 Å². The lowest BCUT2D eigenvalue weighted by atomic mass is 9.75. The second kappa shape index (κ2) is 5.38. The van der Waals surface area contributed by atoms with Crippen LogP contribution in [0, 0.1) is 5.41 Å². The smallest absolute Gasteiger partial charge is 0.231 e. The van der Waals surface area contributed by atoms with Crippen molar-refractivity contribution in [2.45, 2.75) is 73.1 Å². The summed E-state index contributed by atoms with van der Waals surface area (Å²) in [6.45, 7) is 15.9. The van der Waals surface area contributed by atoms with Crippen LogP contribution in [0.1, 0.15) is 55.4 Å². The van der Waals surface area contributed by atoms with Gasteiger partial charge in [0.15, 0.2) is 0 Å². The number of ether oxygens (including phenoxy) is 1. The summed E-state index contributed by atoms with van der Waals surface area (Å²) in [4.78, 5) is 14.3. The lowest BCUT2D eigenvalue weighted by Gasteiger charge is -2.43. The fourth-order valence-corrected chi connectivity index (χ4v) is 1.67. The summed E-state index contributed by atoms with van der Waals surface area (Å²) < 4.78 is 5.91. The van der Waals surface area contributed by atoms with Gasteiger partial charge < -0.3 is 9.64 Å². The first-order valence-corrected chi connectivity index (χ1v) is 6.38. The molecule has 0 rings (SSSR count). The van der Waals surface area contributed by atoms with Gasteiger partial charge in [-0.25, -0.2) is 0 Å². The molecule has 0 aromatic rings. The maximum Gasteiger partial charge on any atom is 0.231 e. The minimum atomic E-state index is -0.545. The number of hydrogen-bond acceptors (Lipinski definition) is 2. The molecule has 0 fully saturated rings. The quantitative estimate of drug-likeness (QED) is 0.742. The lowest BCUT2D eigenvalue weighted by molar-refractivity contribution is -0.168. The first kappa shape index (κ1) is 16.4. The summed E-state index contributed by atoms with van der Waals surface area (Å²) in [7, 11) is 1.85. The third-order valence-corrected chi connectivity index (χ3v) is 3.67. The van der Waals surface area contributed by atoms with Crippen molar-refractivity contribution in [3.63, 3.8) is 0 Å². The molecule has 0 spiro atoms. The first-order chi connectivity index (χ1) is 7.43. The van der Waals surface area contributed by atoms with Crippen LogP contribution in [-0.4, -0.2) is 35.6 Å². The zero-order valence-corrected chi connectivity index (χ0v) is 12.9. The Morgan fingerprint density at radius 1 is 1.06 bits per heavy atom. The molecule has 0 aromatic heterocycles. The van der Waals surface area contributed by atoms with E-state index in [9.17, 15) is 4.79 Å². The average molecular weight is 243 g/mol. The Balaban J connectivity index is 5.05. The largest absolute Gasteiger partial charge is 0.372 e. The molecule has 0 N–H and O–H groups in total. The van der Waals surface area contributed by atoms with E-state index in [1.54, 1.807) is 4.90 Å². The minimum absolute atomic E-state index is 0.112. The maximum absolute atomic E-state index is 12.5. The van der Waals surface area contributed by atoms with E-state index in [0.717, 1.165) is 0 Å². The zero-order chi connectivity index (χ0) is 14.0. The molecule has 3 heteroatoms. The number of carbonyl (C=O) groups is 1. The van der Waals surface area contributed by atoms with Crippen molar-refractivity contribution in [2.24, 2.45) is 5.41 Å². The number of amides is 1. The molecule has 1 amide bonds. The summed E-state index contributed by atoms with van der Waals surface area (Å²) in [5.74, 6) is 0.123. The van der Waals surface area contributed by atoms with Gasteiger partial charge in [-0.05, 0) is 55.4 Å². The van der Waals surface area contributed by atoms with Gasteiger partial charge in [0.2, 0.25) is 5.91 Å². The monoisotopic (exact) mass is 243 g/mol. The van der Waals surface area contributed by atoms with Crippen LogP contribution in [0.3, 0.4) is 0 Å². The van der Waals surface area contributed by atoms with Gasteiger partial charge in [-0.2, -0.15) is 0 Å². The Morgan fingerprint density at radius 3 is 1.76 bits per heavy atom. The molecule has 0 unspecified atom stereocenters. The highest BCUT2D eigenvalue weighted by molar-refractivity contribution is 5.83. The molecule has 0 heterocycles. The van der Waals surface area contributed by atoms with E-state index in [0.29, 0.717) is 0 Å². The Labute approximate surface area is 107 Å². The fraction of sp³-hybridized carbons (Fsp3) is 0.929. The highest BCUT2D eigenvalue weighted by Crippen LogP contribution is 2.36. The highest BCUT2D eigenvalue weighted by atomic mass is 16.5. The Morgan fingerprint density at radius 2 is 1.47 bits per heavy atom. The van der Waals surface area contributed by atoms with Gasteiger partial charge in [0.05, 0.1) is 17.1 Å². The number of carbonyl (C=O) groups excluding carboxylic acids is 1. The number of hydrogen-bond donors (Lipinski definition) is 0. The summed E-state index contributed by atoms with van der Waals surface area (Å²) in [5, 5.41) is 0. The molecular formula is C14H29NO2. The van der Waals surface area contributed by atoms with Gasteiger partial charge in [-0.1, -0.05) is 0 Å². The maximum atomic E-state index is 12.5. The predicted octanol–water partition coefficient (Wildman–Crippen LogP) is 3.08. The third kappa shape index (κ3) is 3.70. The van der Waals surface area contributed by atoms with E-state index < -0.39 is 11.0 Å². The van der Waals surface area contributed by atoms with Gasteiger partial charge in [-0.15, -0.1) is 0 Å². The second-order valence-corrected chi connectivity index (χ2v) is 6.31. The fourth-order valence-electron chi connectivity index (χ4n) is 1.67. The molecular weight excluding hydrogens is 214 g/mol. The lowest BCUT2D eigenvalue weighted by Crippen LogP contribution is -2.54. The van der Waals surface area contributed by atoms with Crippen molar-refractivity contribution in [1.82, 2.24) is 4.90 Å². The topological polar surface area (TPSA) is 29.5 Å². The van der Waals surface area contributed by atoms with Crippen molar-refractivity contribution in [3.05, 3.63) is 0 Å². The van der Waals surface area contributed by atoms with Gasteiger partial charge in [-0.3, -0.25) is 4.79 Å². The molecule has 0 radical (unpaired) electrons. The van der Waals surface area contributed by atoms with Crippen LogP contribution in [0.4, 0.5) is 0 Å². The standard InChI is InChI=1S/C14H29NO2/c1-10(2)15(9)12(16)13(5,6)14(7,8)17-11(3)4/h10-11H,1-9H3. The van der Waals surface area contributed by atoms with Crippen LogP contribution in [0.5, 0.6) is 0 Å². The van der Waals surface area contributed by atoms with Crippen molar-refractivity contribution < 1.29 is 9.53 Å². The molecule has 0 atom stereocenters. The zero-order valence-electron chi connectivity index (χ0n) is 12.9. The highest BCUT2D eigenvalue weighted by Gasteiger charge is 2.46. The summed E-state index contributed by atoms with van der Waals surface area (Å²) in [5.41, 5.74) is -1.03. The Bertz CT molecular complexity index is 267. The van der Waals surface area contributed by atoms with Crippen molar-refractivity contribution in [2.75, 3.05) is 7.05 Å². The minimum Gasteiger partial charge on any atom is -0.372 e. The molecule has 0 aliphatic carbocycles. The van der Waals surface area contributed by atoms with Crippen LogP contribution in [-0.2, 0) is 9.53 Å². The van der Waals surface area contributed by atoms with Gasteiger partial charge in [0, 0.05) is 13.1 Å². The molecule has 102 valence electrons. The van der Waals surface area contributed by atoms with E-state index in [4.69, 9.17) is 4.74 Å². The molecule has 0 bridgehead atoms. The van der Waals surface area contributed by atoms with Crippen molar-refractivity contribution >= 4 is 5.91 Å². The Hall–Kier alpha value is -0.570. The van der Waals surface area contributed by atoms with Crippen LogP contribution in [0.15, 0.2) is 0 Å². The molecule has 0 saturated heterocycles. The van der Waals surface area contributed by atoms with Crippen molar-refractivity contribution in [3.8, 4) is 0 Å². The summed E-state index contributed by atoms with van der Waals surface area (Å²) in [6.07, 6.45) is 0.112. The first-order valence-electron chi connectivity index (χ1n) is 6.38. The molecule has 3 nitrogen and oxygen atoms in total. The van der Waals surface area contributed by atoms with E-state index in [1.165, 1.54) is 0 Å². The molecule has 0 aliphatic rings. The van der Waals surface area contributed by atoms with Gasteiger partial charge in [0.25, 0.3) is 0 Å². The second-order valence-electron chi connectivity index (χ2n) is 6.31. The third-order valence-electron chi connectivity index (χ3n) is 3.67. The Kier molecular flexibility index (Phi) is 5.20. The van der Waals surface area contributed by atoms with Crippen LogP contribution in [0.25, 0.3) is 0 Å².